The molecule has 6 nitrogen and oxygen atoms in total. The Morgan fingerprint density at radius 3 is 2.52 bits per heavy atom. The van der Waals surface area contributed by atoms with E-state index in [4.69, 9.17) is 0 Å². The lowest BCUT2D eigenvalue weighted by Crippen LogP contribution is -2.18. The number of amides is 1. The maximum absolute atomic E-state index is 13.1. The normalized spacial score (nSPS) is 12.5. The summed E-state index contributed by atoms with van der Waals surface area (Å²) in [6.07, 6.45) is 0. The number of nitrogens with zero attached hydrogens (tertiary/aromatic N) is 1. The molecule has 0 saturated heterocycles. The van der Waals surface area contributed by atoms with E-state index < -0.39 is 15.9 Å². The zero-order chi connectivity index (χ0) is 23.0. The number of aryl methyl sites for hydroxylation is 1. The summed E-state index contributed by atoms with van der Waals surface area (Å²) in [6.45, 7) is 1.89. The SMILES string of the molecule is Cc1ccc(S(=O)(=O)Nc2ccccc2C(=O)Nc2nc3c(s2)CSc2ccccc2-3)cc1. The number of carbonyl (C=O) groups is 1. The average Bonchev–Trinajstić information content (AvgIpc) is 3.22. The minimum Gasteiger partial charge on any atom is -0.298 e. The molecule has 3 aromatic carbocycles. The largest absolute Gasteiger partial charge is 0.298 e. The van der Waals surface area contributed by atoms with Crippen molar-refractivity contribution in [3.63, 3.8) is 0 Å². The number of rotatable bonds is 5. The third kappa shape index (κ3) is 4.39. The number of carbonyl (C=O) groups excluding carboxylic acids is 1. The fourth-order valence-corrected chi connectivity index (χ4v) is 6.68. The first-order valence-corrected chi connectivity index (χ1v) is 13.4. The fraction of sp³-hybridized carbons (Fsp3) is 0.0833. The van der Waals surface area contributed by atoms with Gasteiger partial charge < -0.3 is 0 Å². The van der Waals surface area contributed by atoms with E-state index in [0.717, 1.165) is 27.5 Å². The molecule has 1 amide bonds. The Morgan fingerprint density at radius 1 is 0.970 bits per heavy atom. The van der Waals surface area contributed by atoms with Gasteiger partial charge in [0.2, 0.25) is 0 Å². The van der Waals surface area contributed by atoms with E-state index in [2.05, 4.69) is 21.1 Å². The van der Waals surface area contributed by atoms with Crippen LogP contribution in [0.3, 0.4) is 0 Å². The van der Waals surface area contributed by atoms with E-state index in [1.165, 1.54) is 28.4 Å². The van der Waals surface area contributed by atoms with Crippen LogP contribution in [0.1, 0.15) is 20.8 Å². The van der Waals surface area contributed by atoms with E-state index in [1.54, 1.807) is 48.2 Å². The first kappa shape index (κ1) is 21.7. The predicted molar refractivity (Wildman–Crippen MR) is 133 cm³/mol. The number of nitrogens with one attached hydrogen (secondary N) is 2. The molecule has 1 aliphatic heterocycles. The number of hydrogen-bond donors (Lipinski definition) is 2. The van der Waals surface area contributed by atoms with Crippen molar-refractivity contribution in [2.75, 3.05) is 10.0 Å². The summed E-state index contributed by atoms with van der Waals surface area (Å²) in [5.74, 6) is 0.372. The maximum Gasteiger partial charge on any atom is 0.261 e. The third-order valence-electron chi connectivity index (χ3n) is 5.17. The van der Waals surface area contributed by atoms with Gasteiger partial charge in [-0.1, -0.05) is 48.0 Å². The third-order valence-corrected chi connectivity index (χ3v) is 8.80. The minimum atomic E-state index is -3.84. The molecule has 4 aromatic rings. The number of hydrogen-bond acceptors (Lipinski definition) is 6. The van der Waals surface area contributed by atoms with Crippen LogP contribution in [0.2, 0.25) is 0 Å². The summed E-state index contributed by atoms with van der Waals surface area (Å²) in [6, 6.07) is 21.1. The highest BCUT2D eigenvalue weighted by molar-refractivity contribution is 7.98. The van der Waals surface area contributed by atoms with Crippen molar-refractivity contribution in [3.05, 3.63) is 88.8 Å². The van der Waals surface area contributed by atoms with Crippen molar-refractivity contribution in [3.8, 4) is 11.3 Å². The van der Waals surface area contributed by atoms with Gasteiger partial charge in [0, 0.05) is 21.1 Å². The summed E-state index contributed by atoms with van der Waals surface area (Å²) >= 11 is 3.19. The van der Waals surface area contributed by atoms with Gasteiger partial charge in [-0.3, -0.25) is 14.8 Å². The van der Waals surface area contributed by atoms with Gasteiger partial charge in [0.1, 0.15) is 0 Å². The monoisotopic (exact) mass is 493 g/mol. The van der Waals surface area contributed by atoms with Gasteiger partial charge in [-0.25, -0.2) is 13.4 Å². The Balaban J connectivity index is 1.40. The Morgan fingerprint density at radius 2 is 1.70 bits per heavy atom. The lowest BCUT2D eigenvalue weighted by molar-refractivity contribution is 0.102. The maximum atomic E-state index is 13.1. The molecule has 0 radical (unpaired) electrons. The summed E-state index contributed by atoms with van der Waals surface area (Å²) in [7, 11) is -3.84. The van der Waals surface area contributed by atoms with Crippen molar-refractivity contribution in [1.29, 1.82) is 0 Å². The Hall–Kier alpha value is -3.14. The van der Waals surface area contributed by atoms with Crippen molar-refractivity contribution < 1.29 is 13.2 Å². The second-order valence-electron chi connectivity index (χ2n) is 7.49. The zero-order valence-electron chi connectivity index (χ0n) is 17.5. The summed E-state index contributed by atoms with van der Waals surface area (Å²) in [4.78, 5) is 20.1. The number of para-hydroxylation sites is 1. The van der Waals surface area contributed by atoms with E-state index in [1.807, 2.05) is 25.1 Å². The Bertz CT molecular complexity index is 1460. The molecule has 1 aliphatic rings. The van der Waals surface area contributed by atoms with Crippen LogP contribution in [-0.4, -0.2) is 19.3 Å². The highest BCUT2D eigenvalue weighted by Crippen LogP contribution is 2.44. The molecule has 0 unspecified atom stereocenters. The number of sulfonamides is 1. The van der Waals surface area contributed by atoms with Gasteiger partial charge in [-0.2, -0.15) is 0 Å². The van der Waals surface area contributed by atoms with E-state index in [9.17, 15) is 13.2 Å². The highest BCUT2D eigenvalue weighted by atomic mass is 32.2. The molecule has 5 rings (SSSR count). The predicted octanol–water partition coefficient (Wildman–Crippen LogP) is 5.78. The summed E-state index contributed by atoms with van der Waals surface area (Å²) in [5.41, 5.74) is 3.33. The van der Waals surface area contributed by atoms with Crippen LogP contribution in [0.4, 0.5) is 10.8 Å². The van der Waals surface area contributed by atoms with Crippen molar-refractivity contribution in [2.45, 2.75) is 22.5 Å². The summed E-state index contributed by atoms with van der Waals surface area (Å²) in [5, 5.41) is 3.33. The molecule has 0 saturated carbocycles. The molecule has 2 N–H and O–H groups in total. The minimum absolute atomic E-state index is 0.132. The number of benzene rings is 3. The molecule has 0 bridgehead atoms. The number of fused-ring (bicyclic) bond motifs is 3. The van der Waals surface area contributed by atoms with Crippen LogP contribution in [0.5, 0.6) is 0 Å². The van der Waals surface area contributed by atoms with Gasteiger partial charge in [0.25, 0.3) is 15.9 Å². The second kappa shape index (κ2) is 8.66. The van der Waals surface area contributed by atoms with E-state index in [0.29, 0.717) is 5.13 Å². The van der Waals surface area contributed by atoms with Gasteiger partial charge in [-0.05, 0) is 37.3 Å². The second-order valence-corrected chi connectivity index (χ2v) is 11.3. The highest BCUT2D eigenvalue weighted by Gasteiger charge is 2.23. The van der Waals surface area contributed by atoms with Gasteiger partial charge >= 0.3 is 0 Å². The fourth-order valence-electron chi connectivity index (χ4n) is 3.50. The van der Waals surface area contributed by atoms with Crippen LogP contribution >= 0.6 is 23.1 Å². The lowest BCUT2D eigenvalue weighted by atomic mass is 10.1. The van der Waals surface area contributed by atoms with Crippen LogP contribution in [0, 0.1) is 6.92 Å². The quantitative estimate of drug-likeness (QED) is 0.368. The van der Waals surface area contributed by atoms with Gasteiger partial charge in [0.15, 0.2) is 5.13 Å². The first-order valence-electron chi connectivity index (χ1n) is 10.1. The van der Waals surface area contributed by atoms with Crippen LogP contribution in [0.25, 0.3) is 11.3 Å². The van der Waals surface area contributed by atoms with E-state index in [-0.39, 0.29) is 16.1 Å². The number of thioether (sulfide) groups is 1. The van der Waals surface area contributed by atoms with Crippen molar-refractivity contribution in [2.24, 2.45) is 0 Å². The average molecular weight is 494 g/mol. The molecular weight excluding hydrogens is 474 g/mol. The van der Waals surface area contributed by atoms with Gasteiger partial charge in [-0.15, -0.1) is 23.1 Å². The molecule has 1 aromatic heterocycles. The summed E-state index contributed by atoms with van der Waals surface area (Å²) < 4.78 is 28.2. The molecule has 0 fully saturated rings. The molecule has 2 heterocycles. The standard InChI is InChI=1S/C24H19N3O3S3/c1-15-10-12-16(13-11-15)33(29,30)27-19-8-4-2-6-17(19)23(28)26-24-25-22-18-7-3-5-9-20(18)31-14-21(22)32-24/h2-13,27H,14H2,1H3,(H,25,26,28). The molecule has 9 heteroatoms. The van der Waals surface area contributed by atoms with Crippen LogP contribution in [0.15, 0.2) is 82.6 Å². The van der Waals surface area contributed by atoms with Crippen molar-refractivity contribution >= 4 is 49.8 Å². The van der Waals surface area contributed by atoms with Gasteiger partial charge in [0.05, 0.1) is 21.8 Å². The lowest BCUT2D eigenvalue weighted by Gasteiger charge is -2.13. The molecule has 166 valence electrons. The molecule has 0 atom stereocenters. The molecule has 33 heavy (non-hydrogen) atoms. The van der Waals surface area contributed by atoms with Crippen LogP contribution < -0.4 is 10.0 Å². The van der Waals surface area contributed by atoms with E-state index >= 15 is 0 Å². The first-order chi connectivity index (χ1) is 15.9. The number of aromatic nitrogens is 1. The van der Waals surface area contributed by atoms with Crippen molar-refractivity contribution in [1.82, 2.24) is 4.98 Å². The number of thiazole rings is 1. The molecular formula is C24H19N3O3S3. The Labute approximate surface area is 200 Å². The van der Waals surface area contributed by atoms with Crippen LogP contribution in [-0.2, 0) is 15.8 Å². The zero-order valence-corrected chi connectivity index (χ0v) is 20.0. The topological polar surface area (TPSA) is 88.2 Å². The smallest absolute Gasteiger partial charge is 0.261 e. The molecule has 0 spiro atoms. The molecule has 0 aliphatic carbocycles. The number of anilines is 2. The Kier molecular flexibility index (Phi) is 5.69.